The predicted molar refractivity (Wildman–Crippen MR) is 80.7 cm³/mol. The second-order valence-corrected chi connectivity index (χ2v) is 6.50. The molecule has 2 unspecified atom stereocenters. The molecular formula is C17H22N2O2. The third kappa shape index (κ3) is 2.27. The smallest absolute Gasteiger partial charge is 0.261 e. The Labute approximate surface area is 125 Å². The molecule has 0 bridgehead atoms. The van der Waals surface area contributed by atoms with Crippen molar-refractivity contribution in [3.8, 4) is 0 Å². The molecular weight excluding hydrogens is 264 g/mol. The number of benzene rings is 1. The fourth-order valence-electron chi connectivity index (χ4n) is 3.95. The highest BCUT2D eigenvalue weighted by atomic mass is 16.2. The third-order valence-corrected chi connectivity index (χ3v) is 4.96. The lowest BCUT2D eigenvalue weighted by molar-refractivity contribution is -0.135. The number of fused-ring (bicyclic) bond motifs is 1. The van der Waals surface area contributed by atoms with Crippen LogP contribution in [0.2, 0.25) is 0 Å². The summed E-state index contributed by atoms with van der Waals surface area (Å²) in [7, 11) is 0. The quantitative estimate of drug-likeness (QED) is 0.847. The van der Waals surface area contributed by atoms with Gasteiger partial charge in [0, 0.05) is 12.1 Å². The fourth-order valence-corrected chi connectivity index (χ4v) is 3.95. The van der Waals surface area contributed by atoms with Gasteiger partial charge in [0.15, 0.2) is 0 Å². The van der Waals surface area contributed by atoms with Crippen molar-refractivity contribution >= 4 is 11.8 Å². The van der Waals surface area contributed by atoms with E-state index < -0.39 is 5.54 Å². The summed E-state index contributed by atoms with van der Waals surface area (Å²) >= 11 is 0. The minimum absolute atomic E-state index is 0.0988. The van der Waals surface area contributed by atoms with Gasteiger partial charge in [-0.25, -0.2) is 0 Å². The van der Waals surface area contributed by atoms with E-state index in [1.807, 2.05) is 24.3 Å². The number of rotatable bonds is 2. The first-order chi connectivity index (χ1) is 10.1. The molecule has 1 aliphatic heterocycles. The van der Waals surface area contributed by atoms with Crippen LogP contribution in [0.15, 0.2) is 24.3 Å². The number of hydrogen-bond donors (Lipinski definition) is 1. The molecule has 1 saturated carbocycles. The second kappa shape index (κ2) is 5.26. The monoisotopic (exact) mass is 286 g/mol. The second-order valence-electron chi connectivity index (χ2n) is 6.50. The van der Waals surface area contributed by atoms with Gasteiger partial charge in [-0.1, -0.05) is 38.0 Å². The Balaban J connectivity index is 2.01. The predicted octanol–water partition coefficient (Wildman–Crippen LogP) is 2.12. The first-order valence-corrected chi connectivity index (χ1v) is 7.73. The highest BCUT2D eigenvalue weighted by molar-refractivity contribution is 6.10. The summed E-state index contributed by atoms with van der Waals surface area (Å²) in [6, 6.07) is 7.40. The molecule has 1 aromatic rings. The van der Waals surface area contributed by atoms with E-state index >= 15 is 0 Å². The summed E-state index contributed by atoms with van der Waals surface area (Å²) in [5.74, 6) is 0.236. The van der Waals surface area contributed by atoms with Crippen LogP contribution in [0.25, 0.3) is 0 Å². The van der Waals surface area contributed by atoms with E-state index in [0.29, 0.717) is 24.4 Å². The first-order valence-electron chi connectivity index (χ1n) is 7.73. The summed E-state index contributed by atoms with van der Waals surface area (Å²) in [5.41, 5.74) is 7.03. The zero-order valence-corrected chi connectivity index (χ0v) is 12.5. The molecule has 0 radical (unpaired) electrons. The van der Waals surface area contributed by atoms with Gasteiger partial charge in [-0.3, -0.25) is 14.5 Å². The van der Waals surface area contributed by atoms with E-state index in [0.717, 1.165) is 31.2 Å². The molecule has 4 heteroatoms. The molecule has 4 nitrogen and oxygen atoms in total. The molecule has 0 saturated heterocycles. The van der Waals surface area contributed by atoms with Crippen LogP contribution in [-0.4, -0.2) is 28.8 Å². The van der Waals surface area contributed by atoms with Crippen molar-refractivity contribution in [1.29, 1.82) is 0 Å². The number of hydrogen-bond acceptors (Lipinski definition) is 3. The summed E-state index contributed by atoms with van der Waals surface area (Å²) in [6.07, 6.45) is 4.13. The number of amides is 2. The van der Waals surface area contributed by atoms with E-state index in [4.69, 9.17) is 5.73 Å². The molecule has 1 aliphatic carbocycles. The van der Waals surface area contributed by atoms with E-state index in [1.54, 1.807) is 0 Å². The summed E-state index contributed by atoms with van der Waals surface area (Å²) in [6.45, 7) is 2.54. The standard InChI is InChI=1S/C17H22N2O2/c1-12-5-4-8-17(10-12,11-18)19-15(20)9-13-6-2-3-7-14(13)16(19)21/h2-3,6-7,12H,4-5,8-11,18H2,1H3. The summed E-state index contributed by atoms with van der Waals surface area (Å²) < 4.78 is 0. The molecule has 112 valence electrons. The van der Waals surface area contributed by atoms with Crippen LogP contribution in [0.4, 0.5) is 0 Å². The maximum atomic E-state index is 12.8. The Morgan fingerprint density at radius 3 is 2.81 bits per heavy atom. The van der Waals surface area contributed by atoms with Gasteiger partial charge in [0.1, 0.15) is 0 Å². The SMILES string of the molecule is CC1CCCC(CN)(N2C(=O)Cc3ccccc3C2=O)C1. The van der Waals surface area contributed by atoms with E-state index in [-0.39, 0.29) is 11.8 Å². The molecule has 1 fully saturated rings. The number of carbonyl (C=O) groups is 2. The van der Waals surface area contributed by atoms with Gasteiger partial charge >= 0.3 is 0 Å². The van der Waals surface area contributed by atoms with Crippen LogP contribution in [0.5, 0.6) is 0 Å². The molecule has 2 N–H and O–H groups in total. The number of imide groups is 1. The average molecular weight is 286 g/mol. The Bertz CT molecular complexity index is 584. The van der Waals surface area contributed by atoms with Crippen molar-refractivity contribution in [2.45, 2.75) is 44.6 Å². The van der Waals surface area contributed by atoms with Gasteiger partial charge in [0.2, 0.25) is 5.91 Å². The molecule has 3 rings (SSSR count). The highest BCUT2D eigenvalue weighted by Crippen LogP contribution is 2.39. The van der Waals surface area contributed by atoms with E-state index in [1.165, 1.54) is 4.90 Å². The van der Waals surface area contributed by atoms with Crippen LogP contribution in [0, 0.1) is 5.92 Å². The zero-order chi connectivity index (χ0) is 15.0. The van der Waals surface area contributed by atoms with Crippen molar-refractivity contribution in [2.24, 2.45) is 11.7 Å². The molecule has 2 amide bonds. The van der Waals surface area contributed by atoms with Gasteiger partial charge in [-0.2, -0.15) is 0 Å². The average Bonchev–Trinajstić information content (AvgIpc) is 2.47. The van der Waals surface area contributed by atoms with E-state index in [2.05, 4.69) is 6.92 Å². The van der Waals surface area contributed by atoms with Crippen LogP contribution in [-0.2, 0) is 11.2 Å². The summed E-state index contributed by atoms with van der Waals surface area (Å²) in [5, 5.41) is 0. The van der Waals surface area contributed by atoms with Gasteiger partial charge in [0.25, 0.3) is 5.91 Å². The molecule has 1 heterocycles. The Morgan fingerprint density at radius 1 is 1.33 bits per heavy atom. The van der Waals surface area contributed by atoms with Gasteiger partial charge in [-0.05, 0) is 30.4 Å². The van der Waals surface area contributed by atoms with Crippen LogP contribution >= 0.6 is 0 Å². The first kappa shape index (κ1) is 14.3. The number of nitrogens with two attached hydrogens (primary N) is 1. The van der Waals surface area contributed by atoms with Crippen LogP contribution in [0.1, 0.15) is 48.5 Å². The topological polar surface area (TPSA) is 63.4 Å². The van der Waals surface area contributed by atoms with Gasteiger partial charge < -0.3 is 5.73 Å². The van der Waals surface area contributed by atoms with Gasteiger partial charge in [-0.15, -0.1) is 0 Å². The normalized spacial score (nSPS) is 29.4. The third-order valence-electron chi connectivity index (χ3n) is 4.96. The molecule has 21 heavy (non-hydrogen) atoms. The van der Waals surface area contributed by atoms with Gasteiger partial charge in [0.05, 0.1) is 12.0 Å². The fraction of sp³-hybridized carbons (Fsp3) is 0.529. The number of nitrogens with zero attached hydrogens (tertiary/aromatic N) is 1. The van der Waals surface area contributed by atoms with Crippen molar-refractivity contribution in [2.75, 3.05) is 6.54 Å². The van der Waals surface area contributed by atoms with E-state index in [9.17, 15) is 9.59 Å². The van der Waals surface area contributed by atoms with Crippen molar-refractivity contribution in [3.63, 3.8) is 0 Å². The lowest BCUT2D eigenvalue weighted by atomic mass is 9.74. The minimum atomic E-state index is -0.487. The highest BCUT2D eigenvalue weighted by Gasteiger charge is 2.47. The molecule has 2 aliphatic rings. The van der Waals surface area contributed by atoms with Crippen molar-refractivity contribution in [3.05, 3.63) is 35.4 Å². The molecule has 2 atom stereocenters. The van der Waals surface area contributed by atoms with Crippen LogP contribution in [0.3, 0.4) is 0 Å². The lowest BCUT2D eigenvalue weighted by Gasteiger charge is -2.47. The Morgan fingerprint density at radius 2 is 2.10 bits per heavy atom. The van der Waals surface area contributed by atoms with Crippen LogP contribution < -0.4 is 5.73 Å². The molecule has 0 aromatic heterocycles. The van der Waals surface area contributed by atoms with Crippen molar-refractivity contribution < 1.29 is 9.59 Å². The zero-order valence-electron chi connectivity index (χ0n) is 12.5. The Hall–Kier alpha value is -1.68. The molecule has 1 aromatic carbocycles. The van der Waals surface area contributed by atoms with Crippen molar-refractivity contribution in [1.82, 2.24) is 4.90 Å². The Kier molecular flexibility index (Phi) is 3.57. The lowest BCUT2D eigenvalue weighted by Crippen LogP contribution is -2.62. The number of carbonyl (C=O) groups excluding carboxylic acids is 2. The maximum Gasteiger partial charge on any atom is 0.261 e. The molecule has 0 spiro atoms. The minimum Gasteiger partial charge on any atom is -0.328 e. The maximum absolute atomic E-state index is 12.8. The summed E-state index contributed by atoms with van der Waals surface area (Å²) in [4.78, 5) is 26.9. The largest absolute Gasteiger partial charge is 0.328 e.